The van der Waals surface area contributed by atoms with Gasteiger partial charge in [-0.1, -0.05) is 12.1 Å². The van der Waals surface area contributed by atoms with Crippen molar-refractivity contribution in [3.63, 3.8) is 0 Å². The highest BCUT2D eigenvalue weighted by Crippen LogP contribution is 2.22. The number of ether oxygens (including phenoxy) is 1. The lowest BCUT2D eigenvalue weighted by molar-refractivity contribution is -0.433. The van der Waals surface area contributed by atoms with Crippen LogP contribution in [0.15, 0.2) is 82.9 Å². The van der Waals surface area contributed by atoms with E-state index in [4.69, 9.17) is 23.4 Å². The Balaban J connectivity index is 1.45. The molecule has 0 saturated heterocycles. The number of nitrogens with two attached hydrogens (primary N) is 3. The maximum absolute atomic E-state index is 12.2. The van der Waals surface area contributed by atoms with Gasteiger partial charge in [0.2, 0.25) is 0 Å². The molecule has 0 heterocycles. The van der Waals surface area contributed by atoms with Crippen molar-refractivity contribution < 1.29 is 33.4 Å². The highest BCUT2D eigenvalue weighted by atomic mass is 32.1. The first-order chi connectivity index (χ1) is 17.6. The van der Waals surface area contributed by atoms with E-state index in [1.54, 1.807) is 53.8 Å². The molecule has 0 fully saturated rings. The zero-order chi connectivity index (χ0) is 26.8. The number of nitrogens with one attached hydrogen (secondary N) is 2. The van der Waals surface area contributed by atoms with Crippen molar-refractivity contribution in [2.24, 2.45) is 10.1 Å². The number of hydrogen-bond donors (Lipinski definition) is 5. The molecule has 0 unspecified atom stereocenters. The number of amidine groups is 1. The van der Waals surface area contributed by atoms with Crippen molar-refractivity contribution in [2.75, 3.05) is 5.73 Å². The van der Waals surface area contributed by atoms with Gasteiger partial charge in [-0.15, -0.1) is 13.2 Å². The molecule has 0 radical (unpaired) electrons. The molecule has 3 rings (SSSR count). The number of amides is 1. The fourth-order valence-corrected chi connectivity index (χ4v) is 2.95. The van der Waals surface area contributed by atoms with E-state index in [1.165, 1.54) is 36.8 Å². The minimum Gasteiger partial charge on any atom is -0.406 e. The van der Waals surface area contributed by atoms with Gasteiger partial charge in [-0.25, -0.2) is 0 Å². The molecule has 0 saturated carbocycles. The van der Waals surface area contributed by atoms with Gasteiger partial charge < -0.3 is 10.5 Å². The van der Waals surface area contributed by atoms with Gasteiger partial charge in [-0.3, -0.25) is 26.3 Å². The Morgan fingerprint density at radius 2 is 1.62 bits per heavy atom. The number of rotatable bonds is 7. The molecule has 8 N–H and O–H groups in total. The summed E-state index contributed by atoms with van der Waals surface area (Å²) in [7, 11) is 0. The summed E-state index contributed by atoms with van der Waals surface area (Å²) in [6, 6.07) is 18.7. The normalized spacial score (nSPS) is 11.4. The van der Waals surface area contributed by atoms with Crippen LogP contribution in [0, 0.1) is 0 Å². The molecule has 0 aliphatic carbocycles. The fourth-order valence-electron chi connectivity index (χ4n) is 2.80. The number of nitrogen functional groups attached to an aromatic ring is 1. The summed E-state index contributed by atoms with van der Waals surface area (Å²) in [4.78, 5) is 16.3. The zero-order valence-corrected chi connectivity index (χ0v) is 19.9. The fraction of sp³-hybridized carbons (Fsp3) is 0.0417. The van der Waals surface area contributed by atoms with Gasteiger partial charge in [0.05, 0.1) is 11.8 Å². The number of anilines is 1. The van der Waals surface area contributed by atoms with Crippen LogP contribution in [0.4, 0.5) is 24.5 Å². The summed E-state index contributed by atoms with van der Waals surface area (Å²) in [5.41, 5.74) is 11.1. The number of alkyl halides is 3. The van der Waals surface area contributed by atoms with Crippen molar-refractivity contribution in [3.05, 3.63) is 89.5 Å². The van der Waals surface area contributed by atoms with E-state index in [0.29, 0.717) is 22.5 Å². The maximum atomic E-state index is 12.2. The van der Waals surface area contributed by atoms with Gasteiger partial charge in [0.15, 0.2) is 5.11 Å². The Morgan fingerprint density at radius 1 is 1.00 bits per heavy atom. The lowest BCUT2D eigenvalue weighted by atomic mass is 10.1. The average Bonchev–Trinajstić information content (AvgIpc) is 2.85. The second kappa shape index (κ2) is 12.4. The molecule has 37 heavy (non-hydrogen) atoms. The van der Waals surface area contributed by atoms with Gasteiger partial charge in [0.1, 0.15) is 11.4 Å². The van der Waals surface area contributed by atoms with Crippen LogP contribution in [0.25, 0.3) is 0 Å². The third-order valence-electron chi connectivity index (χ3n) is 4.58. The molecular weight excluding hydrogens is 507 g/mol. The molecule has 0 atom stereocenters. The largest absolute Gasteiger partial charge is 0.573 e. The highest BCUT2D eigenvalue weighted by molar-refractivity contribution is 7.80. The van der Waals surface area contributed by atoms with Crippen LogP contribution < -0.4 is 31.9 Å². The molecular formula is C24H22F3N7O2S+2. The van der Waals surface area contributed by atoms with Crippen LogP contribution in [-0.2, 0) is 0 Å². The van der Waals surface area contributed by atoms with E-state index in [0.717, 1.165) is 5.56 Å². The quantitative estimate of drug-likeness (QED) is 0.103. The smallest absolute Gasteiger partial charge is 0.406 e. The first-order valence-electron chi connectivity index (χ1n) is 10.5. The van der Waals surface area contributed by atoms with Gasteiger partial charge in [0.25, 0.3) is 5.91 Å². The molecule has 9 nitrogen and oxygen atoms in total. The minimum atomic E-state index is -4.74. The Kier molecular flexibility index (Phi) is 9.02. The molecule has 0 bridgehead atoms. The molecule has 0 spiro atoms. The summed E-state index contributed by atoms with van der Waals surface area (Å²) >= 11 is 5.06. The Labute approximate surface area is 214 Å². The van der Waals surface area contributed by atoms with Crippen molar-refractivity contribution in [1.82, 2.24) is 10.7 Å². The van der Waals surface area contributed by atoms with E-state index in [-0.39, 0.29) is 16.7 Å². The number of hydrazone groups is 1. The predicted octanol–water partition coefficient (Wildman–Crippen LogP) is 1.23. The Bertz CT molecular complexity index is 1310. The number of carbonyl (C=O) groups is 1. The number of nitrogens with zero attached hydrogens (tertiary/aromatic N) is 2. The van der Waals surface area contributed by atoms with Gasteiger partial charge in [0, 0.05) is 28.4 Å². The van der Waals surface area contributed by atoms with Crippen LogP contribution in [0.3, 0.4) is 0 Å². The monoisotopic (exact) mass is 529 g/mol. The van der Waals surface area contributed by atoms with E-state index >= 15 is 0 Å². The van der Waals surface area contributed by atoms with Crippen LogP contribution >= 0.6 is 12.2 Å². The number of hydrogen-bond acceptors (Lipinski definition) is 5. The SMILES string of the molecule is Nc1ccc(C(=O)NC(=S)N/N=C/c2ccc(C(=[NH2+])N=C[NH2+]c3ccc(OC(F)(F)F)cc3)cc2)cc1. The minimum absolute atomic E-state index is 0.0281. The lowest BCUT2D eigenvalue weighted by Crippen LogP contribution is -2.76. The van der Waals surface area contributed by atoms with Crippen molar-refractivity contribution in [1.29, 1.82) is 0 Å². The standard InChI is InChI=1S/C24H20F3N7O2S/c25-24(26,27)36-20-11-9-19(10-12-20)30-14-31-21(29)16-3-1-15(2-4-16)13-32-34-23(37)33-22(35)17-5-7-18(28)8-6-17/h1-14H,28H2,(H2,29,30,31)(H2,33,34,35,37)/p+2/b32-13+. The van der Waals surface area contributed by atoms with Crippen LogP contribution in [-0.4, -0.2) is 35.8 Å². The Hall–Kier alpha value is -4.62. The van der Waals surface area contributed by atoms with Gasteiger partial charge in [-0.05, 0) is 66.3 Å². The third-order valence-corrected chi connectivity index (χ3v) is 4.77. The molecule has 13 heteroatoms. The molecule has 1 amide bonds. The number of benzene rings is 3. The zero-order valence-electron chi connectivity index (χ0n) is 19.1. The lowest BCUT2D eigenvalue weighted by Gasteiger charge is -2.07. The van der Waals surface area contributed by atoms with Crippen LogP contribution in [0.2, 0.25) is 0 Å². The first kappa shape index (κ1) is 27.0. The summed E-state index contributed by atoms with van der Waals surface area (Å²) < 4.78 is 40.5. The van der Waals surface area contributed by atoms with E-state index in [9.17, 15) is 18.0 Å². The number of halogens is 3. The van der Waals surface area contributed by atoms with E-state index in [2.05, 4.69) is 25.6 Å². The molecule has 3 aromatic carbocycles. The molecule has 3 aromatic rings. The van der Waals surface area contributed by atoms with Gasteiger partial charge in [-0.2, -0.15) is 5.10 Å². The number of thiocarbonyl (C=S) groups is 1. The average molecular weight is 530 g/mol. The molecule has 0 aliphatic heterocycles. The number of quaternary nitrogens is 1. The van der Waals surface area contributed by atoms with E-state index in [1.807, 2.05) is 0 Å². The third kappa shape index (κ3) is 9.16. The summed E-state index contributed by atoms with van der Waals surface area (Å²) in [6.07, 6.45) is -1.80. The number of aliphatic imine (C=N–C) groups is 1. The second-order valence-electron chi connectivity index (χ2n) is 7.34. The van der Waals surface area contributed by atoms with Crippen LogP contribution in [0.1, 0.15) is 21.5 Å². The highest BCUT2D eigenvalue weighted by Gasteiger charge is 2.31. The van der Waals surface area contributed by atoms with Crippen molar-refractivity contribution in [2.45, 2.75) is 6.36 Å². The molecule has 190 valence electrons. The first-order valence-corrected chi connectivity index (χ1v) is 11.0. The molecule has 0 aromatic heterocycles. The second-order valence-corrected chi connectivity index (χ2v) is 7.75. The van der Waals surface area contributed by atoms with Crippen molar-refractivity contribution >= 4 is 53.0 Å². The summed E-state index contributed by atoms with van der Waals surface area (Å²) in [5.74, 6) is -0.467. The van der Waals surface area contributed by atoms with Gasteiger partial charge >= 0.3 is 18.5 Å². The topological polar surface area (TPSA) is 143 Å². The molecule has 0 aliphatic rings. The Morgan fingerprint density at radius 3 is 2.24 bits per heavy atom. The maximum Gasteiger partial charge on any atom is 0.573 e. The predicted molar refractivity (Wildman–Crippen MR) is 137 cm³/mol. The summed E-state index contributed by atoms with van der Waals surface area (Å²) in [6.45, 7) is 0. The van der Waals surface area contributed by atoms with Crippen molar-refractivity contribution in [3.8, 4) is 5.75 Å². The number of carbonyl (C=O) groups excluding carboxylic acids is 1. The van der Waals surface area contributed by atoms with Crippen LogP contribution in [0.5, 0.6) is 5.75 Å². The summed E-state index contributed by atoms with van der Waals surface area (Å²) in [5, 5.41) is 14.1. The van der Waals surface area contributed by atoms with E-state index < -0.39 is 12.3 Å².